The molecule has 0 unspecified atom stereocenters. The van der Waals surface area contributed by atoms with Crippen LogP contribution in [0.3, 0.4) is 0 Å². The molecule has 0 aliphatic rings. The maximum absolute atomic E-state index is 11.7. The normalized spacial score (nSPS) is 10.9. The maximum atomic E-state index is 11.7. The Balaban J connectivity index is 1.76. The number of hydrogen-bond acceptors (Lipinski definition) is 6. The Bertz CT molecular complexity index is 860. The van der Waals surface area contributed by atoms with Gasteiger partial charge in [-0.05, 0) is 35.9 Å². The molecule has 8 nitrogen and oxygen atoms in total. The molecule has 0 atom stereocenters. The second-order valence-electron chi connectivity index (χ2n) is 5.36. The summed E-state index contributed by atoms with van der Waals surface area (Å²) in [5.41, 5.74) is 3.35. The number of nitrogens with one attached hydrogen (secondary N) is 2. The van der Waals surface area contributed by atoms with E-state index >= 15 is 0 Å². The van der Waals surface area contributed by atoms with Gasteiger partial charge < -0.3 is 20.3 Å². The van der Waals surface area contributed by atoms with Crippen molar-refractivity contribution in [3.05, 3.63) is 59.7 Å². The molecule has 0 fully saturated rings. The number of carbonyl (C=O) groups is 2. The van der Waals surface area contributed by atoms with Gasteiger partial charge in [0.2, 0.25) is 5.91 Å². The van der Waals surface area contributed by atoms with Crippen LogP contribution in [0.4, 0.5) is 0 Å². The van der Waals surface area contributed by atoms with Gasteiger partial charge in [-0.25, -0.2) is 5.43 Å². The number of benzene rings is 2. The van der Waals surface area contributed by atoms with Crippen molar-refractivity contribution in [3.63, 3.8) is 0 Å². The van der Waals surface area contributed by atoms with E-state index in [0.717, 1.165) is 17.4 Å². The molecular weight excluding hydrogens is 350 g/mol. The van der Waals surface area contributed by atoms with Gasteiger partial charge in [0.25, 0.3) is 5.91 Å². The average Bonchev–Trinajstić information content (AvgIpc) is 2.67. The Morgan fingerprint density at radius 1 is 1.15 bits per heavy atom. The van der Waals surface area contributed by atoms with Crippen LogP contribution in [-0.4, -0.2) is 41.9 Å². The molecule has 0 saturated carbocycles. The Hall–Kier alpha value is -3.81. The number of hydrogen-bond donors (Lipinski definition) is 4. The van der Waals surface area contributed by atoms with Gasteiger partial charge in [-0.3, -0.25) is 9.59 Å². The van der Waals surface area contributed by atoms with Crippen molar-refractivity contribution in [2.75, 3.05) is 13.7 Å². The molecule has 0 heterocycles. The summed E-state index contributed by atoms with van der Waals surface area (Å²) in [5, 5.41) is 24.9. The van der Waals surface area contributed by atoms with Crippen molar-refractivity contribution in [2.24, 2.45) is 5.10 Å². The number of hydrazone groups is 1. The smallest absolute Gasteiger partial charge is 0.259 e. The largest absolute Gasteiger partial charge is 0.508 e. The first-order chi connectivity index (χ1) is 13.0. The number of aromatic hydroxyl groups is 2. The van der Waals surface area contributed by atoms with Crippen molar-refractivity contribution in [3.8, 4) is 17.2 Å². The summed E-state index contributed by atoms with van der Waals surface area (Å²) in [6.45, 7) is -0.259. The molecule has 0 saturated heterocycles. The summed E-state index contributed by atoms with van der Waals surface area (Å²) >= 11 is 0. The van der Waals surface area contributed by atoms with E-state index in [1.165, 1.54) is 24.4 Å². The molecule has 4 N–H and O–H groups in total. The van der Waals surface area contributed by atoms with Crippen LogP contribution in [-0.2, 0) is 9.59 Å². The molecule has 8 heteroatoms. The fraction of sp³-hybridized carbons (Fsp3) is 0.105. The van der Waals surface area contributed by atoms with Gasteiger partial charge in [-0.15, -0.1) is 0 Å². The Labute approximate surface area is 155 Å². The zero-order valence-electron chi connectivity index (χ0n) is 14.5. The lowest BCUT2D eigenvalue weighted by Crippen LogP contribution is -2.34. The lowest BCUT2D eigenvalue weighted by Gasteiger charge is -2.02. The SMILES string of the molecule is COc1ccc(C=CC(=O)NCC(=O)NN=Cc2ccc(O)cc2O)cc1. The highest BCUT2D eigenvalue weighted by Crippen LogP contribution is 2.20. The van der Waals surface area contributed by atoms with E-state index in [2.05, 4.69) is 15.8 Å². The predicted octanol–water partition coefficient (Wildman–Crippen LogP) is 1.39. The summed E-state index contributed by atoms with van der Waals surface area (Å²) in [6.07, 6.45) is 4.14. The molecule has 0 bridgehead atoms. The summed E-state index contributed by atoms with van der Waals surface area (Å²) in [4.78, 5) is 23.4. The van der Waals surface area contributed by atoms with Crippen molar-refractivity contribution in [1.29, 1.82) is 0 Å². The van der Waals surface area contributed by atoms with Gasteiger partial charge in [0, 0.05) is 17.7 Å². The van der Waals surface area contributed by atoms with E-state index < -0.39 is 11.8 Å². The van der Waals surface area contributed by atoms with Crippen LogP contribution < -0.4 is 15.5 Å². The van der Waals surface area contributed by atoms with Crippen molar-refractivity contribution >= 4 is 24.1 Å². The fourth-order valence-corrected chi connectivity index (χ4v) is 1.97. The summed E-state index contributed by atoms with van der Waals surface area (Å²) in [7, 11) is 1.57. The number of rotatable bonds is 7. The molecule has 0 aliphatic heterocycles. The molecule has 0 aromatic heterocycles. The zero-order valence-corrected chi connectivity index (χ0v) is 14.5. The van der Waals surface area contributed by atoms with Gasteiger partial charge in [-0.2, -0.15) is 5.10 Å². The fourth-order valence-electron chi connectivity index (χ4n) is 1.97. The lowest BCUT2D eigenvalue weighted by atomic mass is 10.2. The van der Waals surface area contributed by atoms with Crippen molar-refractivity contribution < 1.29 is 24.5 Å². The second-order valence-corrected chi connectivity index (χ2v) is 5.36. The second kappa shape index (κ2) is 9.62. The molecule has 0 radical (unpaired) electrons. The van der Waals surface area contributed by atoms with Gasteiger partial charge in [0.05, 0.1) is 19.9 Å². The minimum Gasteiger partial charge on any atom is -0.508 e. The van der Waals surface area contributed by atoms with Gasteiger partial charge in [-0.1, -0.05) is 12.1 Å². The van der Waals surface area contributed by atoms with Gasteiger partial charge in [0.15, 0.2) is 0 Å². The molecule has 140 valence electrons. The van der Waals surface area contributed by atoms with Crippen molar-refractivity contribution in [1.82, 2.24) is 10.7 Å². The van der Waals surface area contributed by atoms with Crippen LogP contribution in [0.5, 0.6) is 17.2 Å². The average molecular weight is 369 g/mol. The number of carbonyl (C=O) groups excluding carboxylic acids is 2. The van der Waals surface area contributed by atoms with E-state index in [1.54, 1.807) is 37.5 Å². The molecule has 2 rings (SSSR count). The Morgan fingerprint density at radius 3 is 2.56 bits per heavy atom. The van der Waals surface area contributed by atoms with Crippen molar-refractivity contribution in [2.45, 2.75) is 0 Å². The summed E-state index contributed by atoms with van der Waals surface area (Å²) in [6, 6.07) is 11.1. The van der Waals surface area contributed by atoms with Crippen LogP contribution >= 0.6 is 0 Å². The van der Waals surface area contributed by atoms with E-state index in [0.29, 0.717) is 5.56 Å². The topological polar surface area (TPSA) is 120 Å². The quantitative estimate of drug-likeness (QED) is 0.334. The standard InChI is InChI=1S/C19H19N3O5/c1-27-16-7-2-13(3-8-16)4-9-18(25)20-12-19(26)22-21-11-14-5-6-15(23)10-17(14)24/h2-11,23-24H,12H2,1H3,(H,20,25)(H,22,26). The lowest BCUT2D eigenvalue weighted by molar-refractivity contribution is -0.123. The van der Waals surface area contributed by atoms with Gasteiger partial charge in [0.1, 0.15) is 17.2 Å². The molecule has 2 amide bonds. The third-order valence-corrected chi connectivity index (χ3v) is 3.37. The van der Waals surface area contributed by atoms with Crippen LogP contribution in [0.15, 0.2) is 53.6 Å². The van der Waals surface area contributed by atoms with E-state index in [1.807, 2.05) is 0 Å². The first-order valence-electron chi connectivity index (χ1n) is 7.92. The summed E-state index contributed by atoms with van der Waals surface area (Å²) < 4.78 is 5.05. The minimum atomic E-state index is -0.532. The Kier molecular flexibility index (Phi) is 6.95. The third-order valence-electron chi connectivity index (χ3n) is 3.37. The number of phenols is 2. The first kappa shape index (κ1) is 19.5. The van der Waals surface area contributed by atoms with Crippen LogP contribution in [0.25, 0.3) is 6.08 Å². The third kappa shape index (κ3) is 6.54. The maximum Gasteiger partial charge on any atom is 0.259 e. The summed E-state index contributed by atoms with van der Waals surface area (Å²) in [5.74, 6) is -0.504. The molecule has 2 aromatic carbocycles. The monoisotopic (exact) mass is 369 g/mol. The molecule has 0 spiro atoms. The first-order valence-corrected chi connectivity index (χ1v) is 7.92. The number of methoxy groups -OCH3 is 1. The molecular formula is C19H19N3O5. The predicted molar refractivity (Wildman–Crippen MR) is 101 cm³/mol. The zero-order chi connectivity index (χ0) is 19.6. The highest BCUT2D eigenvalue weighted by molar-refractivity contribution is 5.94. The van der Waals surface area contributed by atoms with E-state index in [9.17, 15) is 19.8 Å². The van der Waals surface area contributed by atoms with Crippen LogP contribution in [0.1, 0.15) is 11.1 Å². The highest BCUT2D eigenvalue weighted by atomic mass is 16.5. The molecule has 0 aliphatic carbocycles. The number of amides is 2. The number of ether oxygens (including phenoxy) is 1. The number of phenolic OH excluding ortho intramolecular Hbond substituents is 2. The number of nitrogens with zero attached hydrogens (tertiary/aromatic N) is 1. The van der Waals surface area contributed by atoms with E-state index in [4.69, 9.17) is 4.74 Å². The Morgan fingerprint density at radius 2 is 1.89 bits per heavy atom. The molecule has 2 aromatic rings. The van der Waals surface area contributed by atoms with Gasteiger partial charge >= 0.3 is 0 Å². The van der Waals surface area contributed by atoms with E-state index in [-0.39, 0.29) is 18.0 Å². The molecule has 27 heavy (non-hydrogen) atoms. The highest BCUT2D eigenvalue weighted by Gasteiger charge is 2.03. The minimum absolute atomic E-state index is 0.0842. The van der Waals surface area contributed by atoms with Crippen LogP contribution in [0.2, 0.25) is 0 Å². The van der Waals surface area contributed by atoms with Crippen LogP contribution in [0, 0.1) is 0 Å².